The lowest BCUT2D eigenvalue weighted by Crippen LogP contribution is -2.62. The van der Waals surface area contributed by atoms with Crippen LogP contribution < -0.4 is 71.6 Å². The molecule has 0 aliphatic carbocycles. The highest BCUT2D eigenvalue weighted by molar-refractivity contribution is 5.99. The second kappa shape index (κ2) is 53.0. The zero-order valence-electron chi connectivity index (χ0n) is 60.5. The number of aromatic amines is 1. The van der Waals surface area contributed by atoms with Crippen molar-refractivity contribution in [3.8, 4) is 0 Å². The third-order valence-corrected chi connectivity index (χ3v) is 18.8. The van der Waals surface area contributed by atoms with Gasteiger partial charge in [0.1, 0.15) is 30.2 Å². The number of imidazole rings is 1. The molecule has 99 heavy (non-hydrogen) atoms. The highest BCUT2D eigenvalue weighted by Crippen LogP contribution is 2.20. The maximum atomic E-state index is 14.1. The molecule has 1 aliphatic heterocycles. The van der Waals surface area contributed by atoms with Crippen LogP contribution in [0.1, 0.15) is 277 Å². The number of aliphatic carboxylic acids is 1. The van der Waals surface area contributed by atoms with E-state index in [0.29, 0.717) is 36.7 Å². The minimum atomic E-state index is -1.76. The molecule has 24 N–H and O–H groups in total. The maximum absolute atomic E-state index is 14.1. The Morgan fingerprint density at radius 1 is 0.596 bits per heavy atom. The van der Waals surface area contributed by atoms with Gasteiger partial charge in [0.2, 0.25) is 47.3 Å². The predicted octanol–water partition coefficient (Wildman–Crippen LogP) is 3.80. The number of aliphatic hydroxyl groups is 3. The van der Waals surface area contributed by atoms with Crippen molar-refractivity contribution >= 4 is 53.2 Å². The van der Waals surface area contributed by atoms with Gasteiger partial charge in [0, 0.05) is 55.4 Å². The van der Waals surface area contributed by atoms with E-state index in [2.05, 4.69) is 54.1 Å². The smallest absolute Gasteiger partial charge is 0.321 e. The number of hydrogen-bond donors (Lipinski definition) is 18. The van der Waals surface area contributed by atoms with Crippen LogP contribution in [0.15, 0.2) is 12.5 Å². The molecule has 2 heterocycles. The number of carbonyl (C=O) groups is 9. The second-order valence-corrected chi connectivity index (χ2v) is 28.5. The van der Waals surface area contributed by atoms with E-state index in [-0.39, 0.29) is 25.4 Å². The third kappa shape index (κ3) is 42.9. The van der Waals surface area contributed by atoms with Crippen LogP contribution in [-0.4, -0.2) is 175 Å². The number of aromatic nitrogens is 2. The van der Waals surface area contributed by atoms with Crippen LogP contribution in [0, 0.1) is 5.92 Å². The molecule has 570 valence electrons. The monoisotopic (exact) mass is 1400 g/mol. The fourth-order valence-electron chi connectivity index (χ4n) is 12.6. The summed E-state index contributed by atoms with van der Waals surface area (Å²) >= 11 is 0. The topological polar surface area (TPSA) is 504 Å². The van der Waals surface area contributed by atoms with E-state index >= 15 is 0 Å². The minimum absolute atomic E-state index is 0.169. The number of carboxylic acids is 1. The first-order valence-corrected chi connectivity index (χ1v) is 37.6. The number of nitrogens with zero attached hydrogens (tertiary/aromatic N) is 1. The van der Waals surface area contributed by atoms with Gasteiger partial charge in [0.05, 0.1) is 62.4 Å². The summed E-state index contributed by atoms with van der Waals surface area (Å²) in [5.41, 5.74) is 36.9. The molecule has 1 saturated heterocycles. The van der Waals surface area contributed by atoms with Crippen LogP contribution in [0.5, 0.6) is 0 Å². The summed E-state index contributed by atoms with van der Waals surface area (Å²) in [6, 6.07) is -9.31. The van der Waals surface area contributed by atoms with Gasteiger partial charge in [-0.2, -0.15) is 0 Å². The summed E-state index contributed by atoms with van der Waals surface area (Å²) in [6.07, 6.45) is 33.3. The Hall–Kier alpha value is -5.88. The Bertz CT molecular complexity index is 2430. The molecule has 0 bridgehead atoms. The minimum Gasteiger partial charge on any atom is -0.480 e. The standard InChI is InChI=1S/C71H133N15O13/c1-5-6-19-28-49(72)29-20-11-7-12-21-30-50(73)31-22-13-8-14-23-32-51(74)33-24-15-9-16-25-34-52(75)35-26-17-10-18-27-36-54(87)37-38-79-62(91)41-55(88)40-60(89)65(47(2)3)85-70(97)66-48(4)81-64(93)44-59(68(95)83-58(43-61(77)90)69(96)86-66)84-67(94)57(39-53-45-78-46-80-53)82-63(92)42-56(76)71(98)99/h45-52,54-60,65-66,87-89H,5-44,72-76H2,1-4H3,(H2,77,90)(H,78,80)(H,79,91)(H,81,93)(H,82,92)(H,83,95)(H,84,94)(H,85,97)(H,86,96)(H,98,99)/t48-,49+,50+,51-,52-,54+,55-,56-,57-,58-,59-,60-,65-,66+/m0/s1. The van der Waals surface area contributed by atoms with Crippen LogP contribution in [0.4, 0.5) is 0 Å². The van der Waals surface area contributed by atoms with Crippen LogP contribution in [0.25, 0.3) is 0 Å². The summed E-state index contributed by atoms with van der Waals surface area (Å²) in [5.74, 6) is -9.57. The molecule has 0 spiro atoms. The average Bonchev–Trinajstić information content (AvgIpc) is 1.82. The van der Waals surface area contributed by atoms with Crippen LogP contribution in [-0.2, 0) is 49.6 Å². The van der Waals surface area contributed by atoms with Crippen LogP contribution in [0.3, 0.4) is 0 Å². The lowest BCUT2D eigenvalue weighted by atomic mass is 9.93. The van der Waals surface area contributed by atoms with Crippen molar-refractivity contribution in [1.82, 2.24) is 47.2 Å². The number of H-pyrrole nitrogens is 1. The van der Waals surface area contributed by atoms with Gasteiger partial charge in [-0.05, 0) is 77.0 Å². The number of unbranched alkanes of at least 4 members (excludes halogenated alkanes) is 18. The summed E-state index contributed by atoms with van der Waals surface area (Å²) in [4.78, 5) is 125. The number of nitrogens with one attached hydrogen (secondary N) is 8. The van der Waals surface area contributed by atoms with Gasteiger partial charge in [0.15, 0.2) is 0 Å². The van der Waals surface area contributed by atoms with Crippen molar-refractivity contribution in [2.45, 2.75) is 363 Å². The highest BCUT2D eigenvalue weighted by atomic mass is 16.4. The molecule has 1 fully saturated rings. The van der Waals surface area contributed by atoms with Gasteiger partial charge in [-0.1, -0.05) is 168 Å². The molecule has 8 amide bonds. The molecule has 1 aromatic heterocycles. The van der Waals surface area contributed by atoms with Crippen molar-refractivity contribution in [2.24, 2.45) is 40.3 Å². The maximum Gasteiger partial charge on any atom is 0.321 e. The first-order valence-electron chi connectivity index (χ1n) is 37.6. The van der Waals surface area contributed by atoms with Gasteiger partial charge >= 0.3 is 5.97 Å². The number of hydrogen-bond acceptors (Lipinski definition) is 18. The molecule has 0 unspecified atom stereocenters. The summed E-state index contributed by atoms with van der Waals surface area (Å²) in [5, 5.41) is 59.4. The Labute approximate surface area is 589 Å². The Morgan fingerprint density at radius 3 is 1.52 bits per heavy atom. The molecular weight excluding hydrogens is 1270 g/mol. The average molecular weight is 1400 g/mol. The molecule has 0 saturated carbocycles. The number of carbonyl (C=O) groups excluding carboxylic acids is 8. The number of carboxylic acid groups (broad SMARTS) is 1. The summed E-state index contributed by atoms with van der Waals surface area (Å²) < 4.78 is 0. The van der Waals surface area contributed by atoms with E-state index in [1.165, 1.54) is 141 Å². The molecule has 0 aromatic carbocycles. The first kappa shape index (κ1) is 89.2. The van der Waals surface area contributed by atoms with E-state index in [1.807, 2.05) is 0 Å². The van der Waals surface area contributed by atoms with Gasteiger partial charge in [0.25, 0.3) is 0 Å². The number of rotatable bonds is 57. The lowest BCUT2D eigenvalue weighted by molar-refractivity contribution is -0.140. The zero-order valence-corrected chi connectivity index (χ0v) is 60.5. The summed E-state index contributed by atoms with van der Waals surface area (Å²) in [7, 11) is 0. The van der Waals surface area contributed by atoms with E-state index in [0.717, 1.165) is 77.0 Å². The Kier molecular flexibility index (Phi) is 47.8. The van der Waals surface area contributed by atoms with Crippen LogP contribution >= 0.6 is 0 Å². The molecule has 2 rings (SSSR count). The molecule has 14 atom stereocenters. The molecule has 28 nitrogen and oxygen atoms in total. The molecular formula is C71H133N15O13. The third-order valence-electron chi connectivity index (χ3n) is 18.8. The molecule has 1 aromatic rings. The van der Waals surface area contributed by atoms with Gasteiger partial charge in [-0.25, -0.2) is 4.98 Å². The second-order valence-electron chi connectivity index (χ2n) is 28.5. The predicted molar refractivity (Wildman–Crippen MR) is 383 cm³/mol. The highest BCUT2D eigenvalue weighted by Gasteiger charge is 2.39. The van der Waals surface area contributed by atoms with Crippen LogP contribution in [0.2, 0.25) is 0 Å². The fourth-order valence-corrected chi connectivity index (χ4v) is 12.6. The molecule has 0 radical (unpaired) electrons. The summed E-state index contributed by atoms with van der Waals surface area (Å²) in [6.45, 7) is 7.10. The van der Waals surface area contributed by atoms with Crippen molar-refractivity contribution in [3.63, 3.8) is 0 Å². The SMILES string of the molecule is CCCCC[C@@H](N)CCCCCCC[C@@H](N)CCCCCCC[C@H](N)CCCCCCC[C@H](N)CCCCCCC[C@@H](O)CCNC(=O)C[C@@H](O)C[C@H](O)[C@@H](NC(=O)[C@@H]1NC(=O)[C@H](CC(N)=O)NC(=O)[C@@H](NC(=O)[C@H](Cc2cnc[nH]2)NC(=O)C[C@H](N)C(=O)O)CC(=O)N[C@H]1C)C(C)C. The van der Waals surface area contributed by atoms with E-state index in [4.69, 9.17) is 34.4 Å². The van der Waals surface area contributed by atoms with E-state index < -0.39 is 145 Å². The van der Waals surface area contributed by atoms with E-state index in [1.54, 1.807) is 13.8 Å². The normalized spacial score (nSPS) is 19.1. The largest absolute Gasteiger partial charge is 0.480 e. The quantitative estimate of drug-likeness (QED) is 0.0412. The number of primary amides is 1. The lowest BCUT2D eigenvalue weighted by Gasteiger charge is -2.32. The van der Waals surface area contributed by atoms with Gasteiger partial charge < -0.3 is 97.0 Å². The number of amides is 8. The van der Waals surface area contributed by atoms with E-state index in [9.17, 15) is 63.6 Å². The van der Waals surface area contributed by atoms with Crippen molar-refractivity contribution in [3.05, 3.63) is 18.2 Å². The molecule has 1 aliphatic rings. The van der Waals surface area contributed by atoms with Crippen molar-refractivity contribution in [2.75, 3.05) is 6.54 Å². The fraction of sp³-hybridized carbons (Fsp3) is 0.831. The van der Waals surface area contributed by atoms with Crippen molar-refractivity contribution < 1.29 is 63.6 Å². The first-order chi connectivity index (χ1) is 47.2. The Balaban J connectivity index is 1.65. The van der Waals surface area contributed by atoms with Gasteiger partial charge in [-0.15, -0.1) is 0 Å². The number of nitrogens with two attached hydrogens (primary N) is 6. The zero-order chi connectivity index (χ0) is 73.5. The van der Waals surface area contributed by atoms with Gasteiger partial charge in [-0.3, -0.25) is 43.2 Å². The van der Waals surface area contributed by atoms with Crippen molar-refractivity contribution in [1.29, 1.82) is 0 Å². The number of aliphatic hydroxyl groups excluding tert-OH is 3. The molecule has 28 heteroatoms. The Morgan fingerprint density at radius 2 is 1.07 bits per heavy atom.